The number of amides is 6. The van der Waals surface area contributed by atoms with E-state index in [2.05, 4.69) is 31.6 Å². The first-order valence-corrected chi connectivity index (χ1v) is 16.2. The number of carbonyl (C=O) groups is 7. The number of carboxylic acids is 1. The second kappa shape index (κ2) is 16.1. The molecule has 17 nitrogen and oxygen atoms in total. The van der Waals surface area contributed by atoms with Crippen molar-refractivity contribution in [2.75, 3.05) is 18.8 Å². The van der Waals surface area contributed by atoms with Crippen molar-refractivity contribution in [3.8, 4) is 0 Å². The van der Waals surface area contributed by atoms with Crippen molar-refractivity contribution < 1.29 is 38.7 Å². The minimum atomic E-state index is -1.60. The Hall–Kier alpha value is -4.87. The molecule has 18 heteroatoms. The third-order valence-electron chi connectivity index (χ3n) is 7.91. The largest absolute Gasteiger partial charge is 0.481 e. The Labute approximate surface area is 274 Å². The van der Waals surface area contributed by atoms with Crippen LogP contribution in [0.5, 0.6) is 0 Å². The van der Waals surface area contributed by atoms with Gasteiger partial charge in [0.2, 0.25) is 35.4 Å². The molecule has 2 bridgehead atoms. The number of carbonyl (C=O) groups excluding carboxylic acids is 6. The molecule has 3 saturated heterocycles. The molecule has 0 aliphatic carbocycles. The number of guanidine groups is 1. The van der Waals surface area contributed by atoms with Gasteiger partial charge in [-0.15, -0.1) is 11.8 Å². The zero-order chi connectivity index (χ0) is 34.1. The zero-order valence-corrected chi connectivity index (χ0v) is 26.3. The maximum atomic E-state index is 13.7. The highest BCUT2D eigenvalue weighted by Gasteiger charge is 2.48. The second-order valence-corrected chi connectivity index (χ2v) is 12.6. The van der Waals surface area contributed by atoms with Crippen molar-refractivity contribution in [3.05, 3.63) is 35.9 Å². The molecule has 3 aliphatic heterocycles. The Morgan fingerprint density at radius 2 is 1.60 bits per heavy atom. The van der Waals surface area contributed by atoms with Crippen LogP contribution in [0.15, 0.2) is 35.3 Å². The Balaban J connectivity index is 1.63. The Bertz CT molecular complexity index is 1410. The van der Waals surface area contributed by atoms with Gasteiger partial charge in [-0.25, -0.2) is 0 Å². The van der Waals surface area contributed by atoms with Gasteiger partial charge in [0, 0.05) is 18.7 Å². The monoisotopic (exact) mass is 673 g/mol. The van der Waals surface area contributed by atoms with E-state index in [1.54, 1.807) is 30.3 Å². The van der Waals surface area contributed by atoms with Crippen LogP contribution in [0.2, 0.25) is 0 Å². The van der Waals surface area contributed by atoms with Gasteiger partial charge in [-0.2, -0.15) is 0 Å². The fraction of sp³-hybridized carbons (Fsp3) is 0.517. The molecular weight excluding hydrogens is 634 g/mol. The summed E-state index contributed by atoms with van der Waals surface area (Å²) < 4.78 is 0. The molecule has 0 spiro atoms. The van der Waals surface area contributed by atoms with E-state index in [1.807, 2.05) is 0 Å². The molecule has 2 unspecified atom stereocenters. The minimum Gasteiger partial charge on any atom is -0.481 e. The number of carboxylic acid groups (broad SMARTS) is 1. The molecule has 0 saturated carbocycles. The summed E-state index contributed by atoms with van der Waals surface area (Å²) in [5.74, 6) is -5.57. The van der Waals surface area contributed by atoms with Gasteiger partial charge in [0.1, 0.15) is 30.2 Å². The highest BCUT2D eigenvalue weighted by atomic mass is 32.2. The van der Waals surface area contributed by atoms with Crippen LogP contribution in [-0.4, -0.2) is 112 Å². The number of hydrogen-bond acceptors (Lipinski definition) is 9. The highest BCUT2D eigenvalue weighted by molar-refractivity contribution is 8.00. The third-order valence-corrected chi connectivity index (χ3v) is 9.27. The van der Waals surface area contributed by atoms with Crippen LogP contribution in [0.4, 0.5) is 0 Å². The lowest BCUT2D eigenvalue weighted by Crippen LogP contribution is -2.63. The number of fused-ring (bicyclic) bond motifs is 1. The van der Waals surface area contributed by atoms with Crippen molar-refractivity contribution in [1.29, 1.82) is 0 Å². The number of aliphatic imine (C=N–C) groups is 1. The summed E-state index contributed by atoms with van der Waals surface area (Å²) in [5.41, 5.74) is 11.4. The number of thioether (sulfide) groups is 1. The van der Waals surface area contributed by atoms with Gasteiger partial charge in [0.15, 0.2) is 5.96 Å². The van der Waals surface area contributed by atoms with E-state index in [0.717, 1.165) is 0 Å². The van der Waals surface area contributed by atoms with Crippen LogP contribution in [0.1, 0.15) is 37.7 Å². The number of hydrogen-bond donors (Lipinski definition) is 8. The van der Waals surface area contributed by atoms with E-state index in [4.69, 9.17) is 11.5 Å². The number of piperidine rings is 1. The molecule has 1 aromatic rings. The summed E-state index contributed by atoms with van der Waals surface area (Å²) >= 11 is 1.42. The number of rotatable bonds is 8. The Morgan fingerprint density at radius 1 is 0.894 bits per heavy atom. The lowest BCUT2D eigenvalue weighted by molar-refractivity contribution is -0.146. The number of nitrogens with one attached hydrogen (secondary N) is 5. The first-order chi connectivity index (χ1) is 22.4. The smallest absolute Gasteiger partial charge is 0.305 e. The standard InChI is InChI=1S/C29H39N9O8S/c30-29(31)32-10-4-7-16-24(42)33-13-21(39)34-19(12-23(40)41)26(44)37-18(11-15-5-2-1-3-6-15)25(43)36-17-8-9-22-38(28(17)46)20(14-47-22)27(45)35-16/h1-3,5-6,16-20,22H,4,7-14H2,(H,33,42)(H,34,39)(H,35,45)(H,36,43)(H,37,44)(H,40,41)(H4,30,31,32)/t16-,17?,18-,19-,20-,22?/m0/s1. The lowest BCUT2D eigenvalue weighted by Gasteiger charge is -2.37. The molecule has 6 amide bonds. The average Bonchev–Trinajstić information content (AvgIpc) is 3.47. The normalized spacial score (nSPS) is 27.3. The fourth-order valence-corrected chi connectivity index (χ4v) is 7.02. The van der Waals surface area contributed by atoms with Crippen molar-refractivity contribution in [3.63, 3.8) is 0 Å². The third kappa shape index (κ3) is 9.57. The minimum absolute atomic E-state index is 0.000907. The first-order valence-electron chi connectivity index (χ1n) is 15.2. The quantitative estimate of drug-likeness (QED) is 0.0778. The molecule has 3 heterocycles. The van der Waals surface area contributed by atoms with Gasteiger partial charge in [0.05, 0.1) is 18.3 Å². The van der Waals surface area contributed by atoms with Crippen LogP contribution >= 0.6 is 11.8 Å². The van der Waals surface area contributed by atoms with Crippen LogP contribution < -0.4 is 38.1 Å². The summed E-state index contributed by atoms with van der Waals surface area (Å²) in [7, 11) is 0. The molecule has 254 valence electrons. The van der Waals surface area contributed by atoms with Crippen LogP contribution in [0.25, 0.3) is 0 Å². The maximum absolute atomic E-state index is 13.7. The average molecular weight is 674 g/mol. The van der Waals surface area contributed by atoms with E-state index in [0.29, 0.717) is 12.0 Å². The van der Waals surface area contributed by atoms with E-state index < -0.39 is 84.6 Å². The van der Waals surface area contributed by atoms with E-state index in [9.17, 15) is 38.7 Å². The van der Waals surface area contributed by atoms with Crippen molar-refractivity contribution in [2.45, 2.75) is 74.1 Å². The Kier molecular flexibility index (Phi) is 12.0. The van der Waals surface area contributed by atoms with Crippen LogP contribution in [0.3, 0.4) is 0 Å². The predicted molar refractivity (Wildman–Crippen MR) is 169 cm³/mol. The van der Waals surface area contributed by atoms with Crippen LogP contribution in [-0.2, 0) is 40.0 Å². The van der Waals surface area contributed by atoms with Gasteiger partial charge in [-0.1, -0.05) is 30.3 Å². The van der Waals surface area contributed by atoms with Gasteiger partial charge >= 0.3 is 5.97 Å². The second-order valence-electron chi connectivity index (χ2n) is 11.4. The number of nitrogens with zero attached hydrogens (tertiary/aromatic N) is 2. The summed E-state index contributed by atoms with van der Waals surface area (Å²) in [6.07, 6.45) is 0.319. The fourth-order valence-electron chi connectivity index (χ4n) is 5.59. The number of benzene rings is 1. The van der Waals surface area contributed by atoms with Crippen molar-refractivity contribution in [2.24, 2.45) is 16.5 Å². The van der Waals surface area contributed by atoms with E-state index in [-0.39, 0.29) is 49.3 Å². The number of aliphatic carboxylic acids is 1. The Morgan fingerprint density at radius 3 is 2.30 bits per heavy atom. The number of nitrogens with two attached hydrogens (primary N) is 2. The van der Waals surface area contributed by atoms with Gasteiger partial charge < -0.3 is 48.1 Å². The summed E-state index contributed by atoms with van der Waals surface area (Å²) in [6, 6.07) is 2.82. The summed E-state index contributed by atoms with van der Waals surface area (Å²) in [6.45, 7) is -0.489. The van der Waals surface area contributed by atoms with Gasteiger partial charge in [-0.3, -0.25) is 38.6 Å². The van der Waals surface area contributed by atoms with E-state index >= 15 is 0 Å². The molecule has 47 heavy (non-hydrogen) atoms. The topological polar surface area (TPSA) is 268 Å². The maximum Gasteiger partial charge on any atom is 0.305 e. The molecule has 3 fully saturated rings. The molecule has 0 aromatic heterocycles. The van der Waals surface area contributed by atoms with Crippen molar-refractivity contribution in [1.82, 2.24) is 31.5 Å². The van der Waals surface area contributed by atoms with Gasteiger partial charge in [0.25, 0.3) is 0 Å². The summed E-state index contributed by atoms with van der Waals surface area (Å²) in [4.78, 5) is 97.2. The molecule has 10 N–H and O–H groups in total. The predicted octanol–water partition coefficient (Wildman–Crippen LogP) is -3.11. The molecule has 6 atom stereocenters. The van der Waals surface area contributed by atoms with Crippen LogP contribution in [0, 0.1) is 0 Å². The highest BCUT2D eigenvalue weighted by Crippen LogP contribution is 2.36. The zero-order valence-electron chi connectivity index (χ0n) is 25.5. The summed E-state index contributed by atoms with van der Waals surface area (Å²) in [5, 5.41) is 21.8. The molecule has 4 rings (SSSR count). The van der Waals surface area contributed by atoms with E-state index in [1.165, 1.54) is 16.7 Å². The first kappa shape index (κ1) is 35.0. The molecule has 3 aliphatic rings. The lowest BCUT2D eigenvalue weighted by atomic mass is 10.00. The van der Waals surface area contributed by atoms with Gasteiger partial charge in [-0.05, 0) is 31.2 Å². The molecular formula is C29H39N9O8S. The SMILES string of the molecule is NC(N)=NCCC[C@@H]1NC(=O)[C@@H]2CSC3CCC(NC(=O)[C@H](Cc4ccccc4)NC(=O)[C@H](CC(=O)O)NC(=O)CNC1=O)C(=O)N32. The van der Waals surface area contributed by atoms with Crippen molar-refractivity contribution >= 4 is 59.1 Å². The molecule has 0 radical (unpaired) electrons. The molecule has 1 aromatic carbocycles.